The molecule has 23 heavy (non-hydrogen) atoms. The van der Waals surface area contributed by atoms with Gasteiger partial charge in [-0.25, -0.2) is 0 Å². The second-order valence-electron chi connectivity index (χ2n) is 6.99. The SMILES string of the molecule is CCCCCN(CC(=O)Nc1ccccc1C(C)(C)C)C(C)=O. The number of unbranched alkanes of at least 4 members (excludes halogenated alkanes) is 2. The zero-order valence-electron chi connectivity index (χ0n) is 15.1. The molecule has 0 unspecified atom stereocenters. The number of anilines is 1. The fourth-order valence-electron chi connectivity index (χ4n) is 2.51. The lowest BCUT2D eigenvalue weighted by molar-refractivity contribution is -0.132. The minimum atomic E-state index is -0.145. The number of nitrogens with one attached hydrogen (secondary N) is 1. The minimum Gasteiger partial charge on any atom is -0.334 e. The zero-order valence-corrected chi connectivity index (χ0v) is 15.1. The number of carbonyl (C=O) groups excluding carboxylic acids is 2. The Hall–Kier alpha value is -1.84. The molecule has 128 valence electrons. The van der Waals surface area contributed by atoms with Crippen molar-refractivity contribution < 1.29 is 9.59 Å². The van der Waals surface area contributed by atoms with E-state index in [1.54, 1.807) is 4.90 Å². The largest absolute Gasteiger partial charge is 0.334 e. The van der Waals surface area contributed by atoms with E-state index in [0.29, 0.717) is 6.54 Å². The molecule has 4 heteroatoms. The van der Waals surface area contributed by atoms with Crippen LogP contribution >= 0.6 is 0 Å². The van der Waals surface area contributed by atoms with Crippen molar-refractivity contribution in [2.24, 2.45) is 0 Å². The van der Waals surface area contributed by atoms with E-state index < -0.39 is 0 Å². The van der Waals surface area contributed by atoms with Gasteiger partial charge in [0.15, 0.2) is 0 Å². The number of hydrogen-bond acceptors (Lipinski definition) is 2. The Morgan fingerprint density at radius 3 is 2.35 bits per heavy atom. The van der Waals surface area contributed by atoms with Crippen LogP contribution in [0.1, 0.15) is 59.4 Å². The van der Waals surface area contributed by atoms with Crippen molar-refractivity contribution in [1.29, 1.82) is 0 Å². The standard InChI is InChI=1S/C19H30N2O2/c1-6-7-10-13-21(15(2)22)14-18(23)20-17-12-9-8-11-16(17)19(3,4)5/h8-9,11-12H,6-7,10,13-14H2,1-5H3,(H,20,23). The highest BCUT2D eigenvalue weighted by atomic mass is 16.2. The quantitative estimate of drug-likeness (QED) is 0.774. The van der Waals surface area contributed by atoms with Crippen molar-refractivity contribution in [3.63, 3.8) is 0 Å². The highest BCUT2D eigenvalue weighted by Crippen LogP contribution is 2.29. The molecule has 0 radical (unpaired) electrons. The Morgan fingerprint density at radius 1 is 1.13 bits per heavy atom. The van der Waals surface area contributed by atoms with E-state index in [-0.39, 0.29) is 23.8 Å². The molecular weight excluding hydrogens is 288 g/mol. The molecule has 4 nitrogen and oxygen atoms in total. The van der Waals surface area contributed by atoms with Crippen LogP contribution in [0.4, 0.5) is 5.69 Å². The fraction of sp³-hybridized carbons (Fsp3) is 0.579. The van der Waals surface area contributed by atoms with E-state index >= 15 is 0 Å². The van der Waals surface area contributed by atoms with E-state index in [2.05, 4.69) is 33.0 Å². The highest BCUT2D eigenvalue weighted by molar-refractivity contribution is 5.95. The highest BCUT2D eigenvalue weighted by Gasteiger charge is 2.19. The Balaban J connectivity index is 2.74. The normalized spacial score (nSPS) is 11.2. The number of rotatable bonds is 7. The van der Waals surface area contributed by atoms with Gasteiger partial charge < -0.3 is 10.2 Å². The Labute approximate surface area is 140 Å². The third-order valence-electron chi connectivity index (χ3n) is 3.82. The first-order valence-electron chi connectivity index (χ1n) is 8.40. The summed E-state index contributed by atoms with van der Waals surface area (Å²) in [4.78, 5) is 25.6. The molecule has 0 atom stereocenters. The fourth-order valence-corrected chi connectivity index (χ4v) is 2.51. The van der Waals surface area contributed by atoms with Gasteiger partial charge in [0.25, 0.3) is 0 Å². The summed E-state index contributed by atoms with van der Waals surface area (Å²) in [6, 6.07) is 7.82. The van der Waals surface area contributed by atoms with Crippen molar-refractivity contribution >= 4 is 17.5 Å². The van der Waals surface area contributed by atoms with Gasteiger partial charge in [0.1, 0.15) is 0 Å². The molecule has 0 aliphatic carbocycles. The second-order valence-corrected chi connectivity index (χ2v) is 6.99. The molecule has 0 aliphatic heterocycles. The maximum absolute atomic E-state index is 12.3. The maximum Gasteiger partial charge on any atom is 0.244 e. The van der Waals surface area contributed by atoms with Crippen molar-refractivity contribution in [3.05, 3.63) is 29.8 Å². The van der Waals surface area contributed by atoms with Gasteiger partial charge in [-0.15, -0.1) is 0 Å². The lowest BCUT2D eigenvalue weighted by Crippen LogP contribution is -2.37. The summed E-state index contributed by atoms with van der Waals surface area (Å²) in [6.45, 7) is 10.7. The molecule has 0 heterocycles. The van der Waals surface area contributed by atoms with Gasteiger partial charge in [0.05, 0.1) is 6.54 Å². The van der Waals surface area contributed by atoms with Crippen LogP contribution in [0.25, 0.3) is 0 Å². The van der Waals surface area contributed by atoms with E-state index in [1.807, 2.05) is 24.3 Å². The molecule has 0 aliphatic rings. The third kappa shape index (κ3) is 6.43. The van der Waals surface area contributed by atoms with Gasteiger partial charge in [-0.3, -0.25) is 9.59 Å². The van der Waals surface area contributed by atoms with Crippen LogP contribution in [0.15, 0.2) is 24.3 Å². The van der Waals surface area contributed by atoms with E-state index in [4.69, 9.17) is 0 Å². The zero-order chi connectivity index (χ0) is 17.5. The number of carbonyl (C=O) groups is 2. The maximum atomic E-state index is 12.3. The Kier molecular flexibility index (Phi) is 7.27. The van der Waals surface area contributed by atoms with E-state index in [0.717, 1.165) is 30.5 Å². The monoisotopic (exact) mass is 318 g/mol. The summed E-state index contributed by atoms with van der Waals surface area (Å²) >= 11 is 0. The van der Waals surface area contributed by atoms with Crippen molar-refractivity contribution in [2.75, 3.05) is 18.4 Å². The number of hydrogen-bond donors (Lipinski definition) is 1. The van der Waals surface area contributed by atoms with Gasteiger partial charge in [-0.1, -0.05) is 58.7 Å². The first-order valence-corrected chi connectivity index (χ1v) is 8.40. The second kappa shape index (κ2) is 8.70. The van der Waals surface area contributed by atoms with Gasteiger partial charge in [0.2, 0.25) is 11.8 Å². The van der Waals surface area contributed by atoms with Gasteiger partial charge in [-0.2, -0.15) is 0 Å². The predicted octanol–water partition coefficient (Wildman–Crippen LogP) is 3.96. The van der Waals surface area contributed by atoms with Crippen molar-refractivity contribution in [2.45, 2.75) is 59.3 Å². The molecule has 0 spiro atoms. The van der Waals surface area contributed by atoms with Crippen LogP contribution in [0.5, 0.6) is 0 Å². The average molecular weight is 318 g/mol. The molecule has 1 rings (SSSR count). The topological polar surface area (TPSA) is 49.4 Å². The summed E-state index contributed by atoms with van der Waals surface area (Å²) in [5, 5.41) is 2.96. The summed E-state index contributed by atoms with van der Waals surface area (Å²) in [5.41, 5.74) is 1.86. The summed E-state index contributed by atoms with van der Waals surface area (Å²) in [6.07, 6.45) is 3.09. The van der Waals surface area contributed by atoms with Crippen LogP contribution < -0.4 is 5.32 Å². The molecular formula is C19H30N2O2. The Morgan fingerprint density at radius 2 is 1.78 bits per heavy atom. The number of nitrogens with zero attached hydrogens (tertiary/aromatic N) is 1. The van der Waals surface area contributed by atoms with Crippen molar-refractivity contribution in [1.82, 2.24) is 4.90 Å². The van der Waals surface area contributed by atoms with Crippen LogP contribution in [0.3, 0.4) is 0 Å². The molecule has 1 aromatic carbocycles. The molecule has 0 saturated heterocycles. The molecule has 0 aromatic heterocycles. The molecule has 2 amide bonds. The third-order valence-corrected chi connectivity index (χ3v) is 3.82. The van der Waals surface area contributed by atoms with Crippen LogP contribution in [-0.4, -0.2) is 29.8 Å². The smallest absolute Gasteiger partial charge is 0.244 e. The van der Waals surface area contributed by atoms with Crippen LogP contribution in [0, 0.1) is 0 Å². The first-order chi connectivity index (χ1) is 10.8. The molecule has 0 bridgehead atoms. The van der Waals surface area contributed by atoms with Crippen LogP contribution in [-0.2, 0) is 15.0 Å². The molecule has 1 aromatic rings. The molecule has 0 saturated carbocycles. The van der Waals surface area contributed by atoms with E-state index in [1.165, 1.54) is 6.92 Å². The predicted molar refractivity (Wildman–Crippen MR) is 95.6 cm³/mol. The van der Waals surface area contributed by atoms with Crippen molar-refractivity contribution in [3.8, 4) is 0 Å². The summed E-state index contributed by atoms with van der Waals surface area (Å²) in [5.74, 6) is -0.200. The van der Waals surface area contributed by atoms with Gasteiger partial charge in [0, 0.05) is 19.2 Å². The average Bonchev–Trinajstić information content (AvgIpc) is 2.45. The van der Waals surface area contributed by atoms with E-state index in [9.17, 15) is 9.59 Å². The first kappa shape index (κ1) is 19.2. The summed E-state index contributed by atoms with van der Waals surface area (Å²) < 4.78 is 0. The van der Waals surface area contributed by atoms with Crippen LogP contribution in [0.2, 0.25) is 0 Å². The van der Waals surface area contributed by atoms with Gasteiger partial charge in [-0.05, 0) is 23.5 Å². The number of benzene rings is 1. The summed E-state index contributed by atoms with van der Waals surface area (Å²) in [7, 11) is 0. The minimum absolute atomic E-state index is 0.0503. The lowest BCUT2D eigenvalue weighted by Gasteiger charge is -2.24. The molecule has 0 fully saturated rings. The Bertz CT molecular complexity index is 532. The number of para-hydroxylation sites is 1. The van der Waals surface area contributed by atoms with Gasteiger partial charge >= 0.3 is 0 Å². The lowest BCUT2D eigenvalue weighted by atomic mass is 9.86. The number of amides is 2. The molecule has 1 N–H and O–H groups in total.